The maximum absolute atomic E-state index is 13.0. The van der Waals surface area contributed by atoms with E-state index in [1.54, 1.807) is 32.0 Å². The molecule has 0 bridgehead atoms. The van der Waals surface area contributed by atoms with Gasteiger partial charge in [0, 0.05) is 0 Å². The lowest BCUT2D eigenvalue weighted by molar-refractivity contribution is -0.125. The van der Waals surface area contributed by atoms with Crippen LogP contribution in [0.15, 0.2) is 48.5 Å². The van der Waals surface area contributed by atoms with Gasteiger partial charge in [0.1, 0.15) is 5.82 Å². The quantitative estimate of drug-likeness (QED) is 0.744. The Labute approximate surface area is 129 Å². The van der Waals surface area contributed by atoms with E-state index in [1.807, 2.05) is 18.2 Å². The van der Waals surface area contributed by atoms with Crippen LogP contribution in [0.25, 0.3) is 0 Å². The molecular weight excluding hydrogens is 283 g/mol. The zero-order chi connectivity index (χ0) is 16.2. The largest absolute Gasteiger partial charge is 0.385 e. The first-order chi connectivity index (χ1) is 10.4. The minimum absolute atomic E-state index is 0.0930. The Morgan fingerprint density at radius 1 is 1.23 bits per heavy atom. The summed E-state index contributed by atoms with van der Waals surface area (Å²) in [5.74, 6) is -0.695. The first-order valence-electron chi connectivity index (χ1n) is 6.97. The van der Waals surface area contributed by atoms with Gasteiger partial charge in [0.05, 0.1) is 17.7 Å². The number of carbonyl (C=O) groups is 1. The molecule has 0 saturated heterocycles. The van der Waals surface area contributed by atoms with E-state index in [0.29, 0.717) is 16.8 Å². The monoisotopic (exact) mass is 302 g/mol. The summed E-state index contributed by atoms with van der Waals surface area (Å²) in [6.45, 7) is 3.32. The summed E-state index contributed by atoms with van der Waals surface area (Å²) < 4.78 is 13.0. The van der Waals surface area contributed by atoms with Gasteiger partial charge in [0.25, 0.3) is 0 Å². The van der Waals surface area contributed by atoms with Crippen LogP contribution in [-0.2, 0) is 10.4 Å². The van der Waals surface area contributed by atoms with Crippen molar-refractivity contribution in [2.24, 2.45) is 0 Å². The van der Waals surface area contributed by atoms with Crippen LogP contribution in [0.2, 0.25) is 0 Å². The third kappa shape index (κ3) is 4.05. The molecule has 0 fully saturated rings. The van der Waals surface area contributed by atoms with Crippen molar-refractivity contribution < 1.29 is 14.3 Å². The van der Waals surface area contributed by atoms with Gasteiger partial charge in [0.2, 0.25) is 5.91 Å². The van der Waals surface area contributed by atoms with E-state index in [2.05, 4.69) is 10.9 Å². The maximum atomic E-state index is 13.0. The van der Waals surface area contributed by atoms with Crippen molar-refractivity contribution in [1.82, 2.24) is 5.43 Å². The summed E-state index contributed by atoms with van der Waals surface area (Å²) >= 11 is 0. The Morgan fingerprint density at radius 3 is 2.55 bits per heavy atom. The van der Waals surface area contributed by atoms with E-state index in [1.165, 1.54) is 12.1 Å². The van der Waals surface area contributed by atoms with E-state index < -0.39 is 5.60 Å². The SMILES string of the molecule is Cc1cc(F)ccc1NNC(=O)CC(C)(O)c1ccccc1. The Morgan fingerprint density at radius 2 is 1.91 bits per heavy atom. The Bertz CT molecular complexity index is 657. The van der Waals surface area contributed by atoms with Crippen molar-refractivity contribution in [3.05, 3.63) is 65.5 Å². The highest BCUT2D eigenvalue weighted by Gasteiger charge is 2.26. The van der Waals surface area contributed by atoms with Crippen LogP contribution >= 0.6 is 0 Å². The average molecular weight is 302 g/mol. The Kier molecular flexibility index (Phi) is 4.78. The van der Waals surface area contributed by atoms with Gasteiger partial charge in [-0.1, -0.05) is 30.3 Å². The number of halogens is 1. The van der Waals surface area contributed by atoms with Gasteiger partial charge in [0.15, 0.2) is 0 Å². The highest BCUT2D eigenvalue weighted by atomic mass is 19.1. The van der Waals surface area contributed by atoms with Crippen LogP contribution in [0.4, 0.5) is 10.1 Å². The molecule has 2 rings (SSSR count). The molecule has 1 atom stereocenters. The molecule has 0 aliphatic carbocycles. The van der Waals surface area contributed by atoms with Crippen molar-refractivity contribution in [2.75, 3.05) is 5.43 Å². The topological polar surface area (TPSA) is 61.4 Å². The number of rotatable bonds is 5. The molecule has 3 N–H and O–H groups in total. The summed E-state index contributed by atoms with van der Waals surface area (Å²) in [6.07, 6.45) is -0.0930. The van der Waals surface area contributed by atoms with Gasteiger partial charge in [-0.15, -0.1) is 0 Å². The predicted molar refractivity (Wildman–Crippen MR) is 83.5 cm³/mol. The molecule has 116 valence electrons. The van der Waals surface area contributed by atoms with Crippen LogP contribution in [-0.4, -0.2) is 11.0 Å². The normalized spacial score (nSPS) is 13.3. The molecule has 4 nitrogen and oxygen atoms in total. The predicted octanol–water partition coefficient (Wildman–Crippen LogP) is 2.88. The summed E-state index contributed by atoms with van der Waals surface area (Å²) in [5.41, 5.74) is 5.94. The van der Waals surface area contributed by atoms with Gasteiger partial charge >= 0.3 is 0 Å². The molecule has 0 aliphatic heterocycles. The lowest BCUT2D eigenvalue weighted by Crippen LogP contribution is -2.36. The van der Waals surface area contributed by atoms with E-state index in [9.17, 15) is 14.3 Å². The van der Waals surface area contributed by atoms with Gasteiger partial charge in [-0.25, -0.2) is 4.39 Å². The number of aliphatic hydroxyl groups is 1. The molecule has 0 aromatic heterocycles. The number of hydrogen-bond donors (Lipinski definition) is 3. The molecule has 0 heterocycles. The van der Waals surface area contributed by atoms with Crippen LogP contribution in [0.1, 0.15) is 24.5 Å². The van der Waals surface area contributed by atoms with Crippen molar-refractivity contribution in [1.29, 1.82) is 0 Å². The minimum Gasteiger partial charge on any atom is -0.385 e. The van der Waals surface area contributed by atoms with Gasteiger partial charge in [-0.3, -0.25) is 15.6 Å². The third-order valence-electron chi connectivity index (χ3n) is 3.43. The Hall–Kier alpha value is -2.40. The summed E-state index contributed by atoms with van der Waals surface area (Å²) in [7, 11) is 0. The molecule has 5 heteroatoms. The fourth-order valence-electron chi connectivity index (χ4n) is 2.16. The van der Waals surface area contributed by atoms with E-state index in [-0.39, 0.29) is 18.1 Å². The zero-order valence-electron chi connectivity index (χ0n) is 12.6. The first-order valence-corrected chi connectivity index (χ1v) is 6.97. The summed E-state index contributed by atoms with van der Waals surface area (Å²) in [5, 5.41) is 10.4. The second-order valence-electron chi connectivity index (χ2n) is 5.45. The standard InChI is InChI=1S/C17H19FN2O2/c1-12-10-14(18)8-9-15(12)19-20-16(21)11-17(2,22)13-6-4-3-5-7-13/h3-10,19,22H,11H2,1-2H3,(H,20,21). The number of amides is 1. The maximum Gasteiger partial charge on any atom is 0.241 e. The third-order valence-corrected chi connectivity index (χ3v) is 3.43. The van der Waals surface area contributed by atoms with Gasteiger partial charge < -0.3 is 5.11 Å². The second-order valence-corrected chi connectivity index (χ2v) is 5.45. The number of benzene rings is 2. The lowest BCUT2D eigenvalue weighted by Gasteiger charge is -2.23. The molecule has 0 radical (unpaired) electrons. The summed E-state index contributed by atoms with van der Waals surface area (Å²) in [6, 6.07) is 13.2. The molecule has 2 aromatic rings. The van der Waals surface area contributed by atoms with Gasteiger partial charge in [-0.2, -0.15) is 0 Å². The van der Waals surface area contributed by atoms with Gasteiger partial charge in [-0.05, 0) is 43.2 Å². The van der Waals surface area contributed by atoms with Crippen LogP contribution in [0.5, 0.6) is 0 Å². The number of anilines is 1. The fourth-order valence-corrected chi connectivity index (χ4v) is 2.16. The average Bonchev–Trinajstić information content (AvgIpc) is 2.47. The molecule has 1 unspecified atom stereocenters. The molecular formula is C17H19FN2O2. The molecule has 1 amide bonds. The Balaban J connectivity index is 1.95. The first kappa shape index (κ1) is 16.0. The highest BCUT2D eigenvalue weighted by Crippen LogP contribution is 2.24. The van der Waals surface area contributed by atoms with Crippen LogP contribution in [0.3, 0.4) is 0 Å². The van der Waals surface area contributed by atoms with Crippen molar-refractivity contribution in [3.63, 3.8) is 0 Å². The van der Waals surface area contributed by atoms with E-state index >= 15 is 0 Å². The molecule has 2 aromatic carbocycles. The minimum atomic E-state index is -1.26. The van der Waals surface area contributed by atoms with E-state index in [4.69, 9.17) is 0 Å². The molecule has 22 heavy (non-hydrogen) atoms. The highest BCUT2D eigenvalue weighted by molar-refractivity contribution is 5.78. The summed E-state index contributed by atoms with van der Waals surface area (Å²) in [4.78, 5) is 12.0. The lowest BCUT2D eigenvalue weighted by atomic mass is 9.92. The second kappa shape index (κ2) is 6.58. The number of nitrogens with one attached hydrogen (secondary N) is 2. The molecule has 0 aliphatic rings. The number of carbonyl (C=O) groups excluding carboxylic acids is 1. The van der Waals surface area contributed by atoms with Crippen molar-refractivity contribution >= 4 is 11.6 Å². The van der Waals surface area contributed by atoms with Crippen LogP contribution in [0, 0.1) is 12.7 Å². The number of hydrogen-bond acceptors (Lipinski definition) is 3. The molecule has 0 saturated carbocycles. The van der Waals surface area contributed by atoms with Crippen molar-refractivity contribution in [2.45, 2.75) is 25.9 Å². The van der Waals surface area contributed by atoms with Crippen molar-refractivity contribution in [3.8, 4) is 0 Å². The van der Waals surface area contributed by atoms with Crippen LogP contribution < -0.4 is 10.9 Å². The fraction of sp³-hybridized carbons (Fsp3) is 0.235. The zero-order valence-corrected chi connectivity index (χ0v) is 12.6. The number of aryl methyl sites for hydroxylation is 1. The smallest absolute Gasteiger partial charge is 0.241 e. The molecule has 0 spiro atoms. The van der Waals surface area contributed by atoms with E-state index in [0.717, 1.165) is 0 Å². The number of hydrazine groups is 1.